The van der Waals surface area contributed by atoms with E-state index in [9.17, 15) is 5.11 Å². The van der Waals surface area contributed by atoms with Gasteiger partial charge in [0.2, 0.25) is 0 Å². The molecule has 27 heavy (non-hydrogen) atoms. The number of hydrogen-bond donors (Lipinski definition) is 2. The Labute approximate surface area is 176 Å². The van der Waals surface area contributed by atoms with Crippen molar-refractivity contribution in [1.29, 1.82) is 0 Å². The first-order valence-electron chi connectivity index (χ1n) is 9.32. The zero-order valence-electron chi connectivity index (χ0n) is 16.3. The van der Waals surface area contributed by atoms with Gasteiger partial charge in [-0.3, -0.25) is 0 Å². The molecular weight excluding hydrogens is 453 g/mol. The van der Waals surface area contributed by atoms with E-state index in [2.05, 4.69) is 27.9 Å². The Bertz CT molecular complexity index is 674. The number of aliphatic hydroxyl groups is 1. The van der Waals surface area contributed by atoms with Crippen LogP contribution < -0.4 is 10.1 Å². The Hall–Kier alpha value is -1.15. The van der Waals surface area contributed by atoms with Crippen molar-refractivity contribution in [2.75, 3.05) is 24.6 Å². The first kappa shape index (κ1) is 22.1. The van der Waals surface area contributed by atoms with Gasteiger partial charge in [-0.25, -0.2) is 0 Å². The molecule has 5 heteroatoms. The van der Waals surface area contributed by atoms with Gasteiger partial charge >= 0.3 is 0 Å². The molecule has 2 N–H and O–H groups in total. The van der Waals surface area contributed by atoms with Crippen LogP contribution in [0.3, 0.4) is 0 Å². The minimum absolute atomic E-state index is 0.0820. The van der Waals surface area contributed by atoms with E-state index in [0.29, 0.717) is 19.6 Å². The summed E-state index contributed by atoms with van der Waals surface area (Å²) in [6.45, 7) is 6.06. The number of nitrogens with one attached hydrogen (secondary N) is 1. The van der Waals surface area contributed by atoms with Gasteiger partial charge in [0.05, 0.1) is 12.7 Å². The number of hydrogen-bond acceptors (Lipinski definition) is 4. The molecule has 1 aliphatic heterocycles. The van der Waals surface area contributed by atoms with Crippen LogP contribution in [0.4, 0.5) is 0 Å². The van der Waals surface area contributed by atoms with E-state index < -0.39 is 5.60 Å². The van der Waals surface area contributed by atoms with Crippen LogP contribution in [-0.4, -0.2) is 41.9 Å². The molecule has 0 spiro atoms. The number of morpholine rings is 1. The monoisotopic (exact) mass is 483 g/mol. The fourth-order valence-corrected chi connectivity index (χ4v) is 3.31. The Morgan fingerprint density at radius 3 is 2.44 bits per heavy atom. The molecule has 0 amide bonds. The normalized spacial score (nSPS) is 19.0. The number of rotatable bonds is 6. The highest BCUT2D eigenvalue weighted by Crippen LogP contribution is 2.35. The summed E-state index contributed by atoms with van der Waals surface area (Å²) < 4.78 is 11.9. The van der Waals surface area contributed by atoms with E-state index in [0.717, 1.165) is 23.4 Å². The molecule has 2 aromatic carbocycles. The summed E-state index contributed by atoms with van der Waals surface area (Å²) in [5.41, 5.74) is 0.727. The maximum Gasteiger partial charge on any atom is 0.122 e. The van der Waals surface area contributed by atoms with Gasteiger partial charge in [0, 0.05) is 19.5 Å². The van der Waals surface area contributed by atoms with E-state index in [4.69, 9.17) is 9.47 Å². The molecule has 0 radical (unpaired) electrons. The Morgan fingerprint density at radius 1 is 1.15 bits per heavy atom. The Kier molecular flexibility index (Phi) is 9.02. The summed E-state index contributed by atoms with van der Waals surface area (Å²) in [4.78, 5) is 1.97. The lowest BCUT2D eigenvalue weighted by molar-refractivity contribution is -0.124. The molecule has 0 aliphatic carbocycles. The van der Waals surface area contributed by atoms with Crippen molar-refractivity contribution in [3.8, 4) is 5.75 Å². The molecule has 1 heterocycles. The first-order valence-corrected chi connectivity index (χ1v) is 11.5. The molecule has 4 nitrogen and oxygen atoms in total. The van der Waals surface area contributed by atoms with Crippen LogP contribution >= 0.6 is 22.6 Å². The summed E-state index contributed by atoms with van der Waals surface area (Å²) in [5, 5.41) is 15.0. The lowest BCUT2D eigenvalue weighted by atomic mass is 9.81. The van der Waals surface area contributed by atoms with E-state index in [1.807, 2.05) is 73.4 Å². The minimum atomic E-state index is -1.12. The standard InChI is InChI=1S/C21H27NO3.CH3I/c1-16(2)25-19-11-7-6-8-17(19)14-21(23,18-9-4-3-5-10-18)20-15-22-12-13-24-20;1-2/h3-11,16,20,22-23H,12-15H2,1-2H3;1H3/t20-,21-;/m1./s1. The van der Waals surface area contributed by atoms with Crippen LogP contribution in [0, 0.1) is 0 Å². The quantitative estimate of drug-likeness (QED) is 0.483. The maximum absolute atomic E-state index is 11.7. The first-order chi connectivity index (χ1) is 13.1. The third kappa shape index (κ3) is 5.91. The minimum Gasteiger partial charge on any atom is -0.491 e. The number of alkyl halides is 1. The molecule has 0 aromatic heterocycles. The predicted octanol–water partition coefficient (Wildman–Crippen LogP) is 3.94. The van der Waals surface area contributed by atoms with Gasteiger partial charge in [0.15, 0.2) is 0 Å². The third-order valence-corrected chi connectivity index (χ3v) is 4.53. The molecule has 1 fully saturated rings. The lowest BCUT2D eigenvalue weighted by Crippen LogP contribution is -2.52. The molecule has 0 unspecified atom stereocenters. The van der Waals surface area contributed by atoms with E-state index >= 15 is 0 Å². The van der Waals surface area contributed by atoms with Gasteiger partial charge in [-0.05, 0) is 36.0 Å². The van der Waals surface area contributed by atoms with Gasteiger partial charge in [0.1, 0.15) is 17.5 Å². The van der Waals surface area contributed by atoms with Crippen LogP contribution in [-0.2, 0) is 16.8 Å². The number of benzene rings is 2. The smallest absolute Gasteiger partial charge is 0.122 e. The van der Waals surface area contributed by atoms with Crippen LogP contribution in [0.1, 0.15) is 25.0 Å². The SMILES string of the molecule is CC(C)Oc1ccccc1C[C@@](O)(c1ccccc1)[C@H]1CNCCO1.CI. The summed E-state index contributed by atoms with van der Waals surface area (Å²) in [7, 11) is 0. The largest absolute Gasteiger partial charge is 0.491 e. The van der Waals surface area contributed by atoms with Crippen LogP contribution in [0.25, 0.3) is 0 Å². The number of para-hydroxylation sites is 1. The zero-order chi connectivity index (χ0) is 19.7. The molecule has 2 aromatic rings. The molecular formula is C22H30INO3. The highest BCUT2D eigenvalue weighted by Gasteiger charge is 2.41. The van der Waals surface area contributed by atoms with Crippen molar-refractivity contribution < 1.29 is 14.6 Å². The van der Waals surface area contributed by atoms with E-state index in [1.165, 1.54) is 0 Å². The summed E-state index contributed by atoms with van der Waals surface area (Å²) >= 11 is 2.15. The van der Waals surface area contributed by atoms with Crippen molar-refractivity contribution in [2.24, 2.45) is 0 Å². The Morgan fingerprint density at radius 2 is 1.81 bits per heavy atom. The number of halogens is 1. The second kappa shape index (κ2) is 11.0. The Balaban J connectivity index is 0.00000126. The topological polar surface area (TPSA) is 50.7 Å². The highest BCUT2D eigenvalue weighted by atomic mass is 127. The fourth-order valence-electron chi connectivity index (χ4n) is 3.31. The van der Waals surface area contributed by atoms with Crippen molar-refractivity contribution in [3.63, 3.8) is 0 Å². The molecule has 3 rings (SSSR count). The van der Waals surface area contributed by atoms with Gasteiger partial charge in [0.25, 0.3) is 0 Å². The van der Waals surface area contributed by atoms with E-state index in [-0.39, 0.29) is 12.2 Å². The van der Waals surface area contributed by atoms with Crippen LogP contribution in [0.2, 0.25) is 0 Å². The average Bonchev–Trinajstić information content (AvgIpc) is 2.72. The molecule has 0 saturated carbocycles. The third-order valence-electron chi connectivity index (χ3n) is 4.53. The molecule has 1 saturated heterocycles. The zero-order valence-corrected chi connectivity index (χ0v) is 18.5. The van der Waals surface area contributed by atoms with Gasteiger partial charge in [-0.15, -0.1) is 0 Å². The summed E-state index contributed by atoms with van der Waals surface area (Å²) in [6.07, 6.45) is 0.209. The highest BCUT2D eigenvalue weighted by molar-refractivity contribution is 14.1. The number of ether oxygens (including phenoxy) is 2. The van der Waals surface area contributed by atoms with Gasteiger partial charge < -0.3 is 19.9 Å². The van der Waals surface area contributed by atoms with Gasteiger partial charge in [-0.2, -0.15) is 0 Å². The van der Waals surface area contributed by atoms with Crippen LogP contribution in [0.15, 0.2) is 54.6 Å². The van der Waals surface area contributed by atoms with E-state index in [1.54, 1.807) is 0 Å². The van der Waals surface area contributed by atoms with Crippen molar-refractivity contribution in [1.82, 2.24) is 5.32 Å². The summed E-state index contributed by atoms with van der Waals surface area (Å²) in [6, 6.07) is 17.7. The van der Waals surface area contributed by atoms with Crippen LogP contribution in [0.5, 0.6) is 5.75 Å². The predicted molar refractivity (Wildman–Crippen MR) is 119 cm³/mol. The second-order valence-corrected chi connectivity index (χ2v) is 6.80. The lowest BCUT2D eigenvalue weighted by Gasteiger charge is -2.39. The molecule has 148 valence electrons. The van der Waals surface area contributed by atoms with Crippen molar-refractivity contribution in [2.45, 2.75) is 38.1 Å². The fraction of sp³-hybridized carbons (Fsp3) is 0.455. The summed E-state index contributed by atoms with van der Waals surface area (Å²) in [5.74, 6) is 0.815. The molecule has 0 bridgehead atoms. The van der Waals surface area contributed by atoms with Gasteiger partial charge in [-0.1, -0.05) is 71.1 Å². The average molecular weight is 483 g/mol. The van der Waals surface area contributed by atoms with Crippen molar-refractivity contribution >= 4 is 22.6 Å². The molecule has 1 aliphatic rings. The molecule has 2 atom stereocenters. The van der Waals surface area contributed by atoms with Crippen molar-refractivity contribution in [3.05, 3.63) is 65.7 Å². The second-order valence-electron chi connectivity index (χ2n) is 6.80. The maximum atomic E-state index is 11.7.